The topological polar surface area (TPSA) is 50.2 Å². The number of aryl methyl sites for hydroxylation is 1. The molecule has 5 nitrogen and oxygen atoms in total. The van der Waals surface area contributed by atoms with Crippen molar-refractivity contribution in [3.8, 4) is 0 Å². The number of carbonyl (C=O) groups excluding carboxylic acids is 1. The van der Waals surface area contributed by atoms with Crippen LogP contribution in [0.3, 0.4) is 0 Å². The van der Waals surface area contributed by atoms with E-state index in [1.54, 1.807) is 18.3 Å². The first-order chi connectivity index (χ1) is 11.0. The number of halogens is 1. The maximum atomic E-state index is 13.1. The third-order valence-electron chi connectivity index (χ3n) is 3.56. The second-order valence-electron chi connectivity index (χ2n) is 5.75. The summed E-state index contributed by atoms with van der Waals surface area (Å²) in [5.41, 5.74) is 1.72. The second-order valence-corrected chi connectivity index (χ2v) is 5.75. The van der Waals surface area contributed by atoms with Crippen molar-refractivity contribution >= 4 is 5.91 Å². The summed E-state index contributed by atoms with van der Waals surface area (Å²) in [6.07, 6.45) is 4.71. The van der Waals surface area contributed by atoms with Gasteiger partial charge >= 0.3 is 0 Å². The number of nitrogens with one attached hydrogen (secondary N) is 1. The minimum Gasteiger partial charge on any atom is -0.350 e. The molecule has 0 spiro atoms. The summed E-state index contributed by atoms with van der Waals surface area (Å²) < 4.78 is 14.9. The highest BCUT2D eigenvalue weighted by Gasteiger charge is 2.22. The number of carbonyl (C=O) groups is 1. The lowest BCUT2D eigenvalue weighted by atomic mass is 10.1. The molecule has 1 aromatic heterocycles. The van der Waals surface area contributed by atoms with E-state index in [0.29, 0.717) is 6.54 Å². The number of aromatic nitrogens is 2. The summed E-state index contributed by atoms with van der Waals surface area (Å²) in [6.45, 7) is 3.38. The monoisotopic (exact) mass is 318 g/mol. The van der Waals surface area contributed by atoms with Crippen LogP contribution in [0.25, 0.3) is 0 Å². The minimum atomic E-state index is -0.457. The highest BCUT2D eigenvalue weighted by atomic mass is 19.1. The summed E-state index contributed by atoms with van der Waals surface area (Å²) in [6, 6.07) is 5.56. The Balaban J connectivity index is 2.02. The molecule has 1 heterocycles. The molecule has 124 valence electrons. The van der Waals surface area contributed by atoms with Crippen LogP contribution >= 0.6 is 0 Å². The van der Waals surface area contributed by atoms with E-state index < -0.39 is 6.04 Å². The molecule has 1 atom stereocenters. The molecule has 0 aliphatic heterocycles. The lowest BCUT2D eigenvalue weighted by Gasteiger charge is -2.23. The Morgan fingerprint density at radius 2 is 2.04 bits per heavy atom. The molecule has 0 fully saturated rings. The minimum absolute atomic E-state index is 0.121. The van der Waals surface area contributed by atoms with Gasteiger partial charge < -0.3 is 5.32 Å². The van der Waals surface area contributed by atoms with Gasteiger partial charge in [0, 0.05) is 24.8 Å². The van der Waals surface area contributed by atoms with Gasteiger partial charge in [0.15, 0.2) is 0 Å². The number of amides is 1. The zero-order chi connectivity index (χ0) is 16.8. The second kappa shape index (κ2) is 7.87. The first kappa shape index (κ1) is 17.1. The molecule has 1 aromatic carbocycles. The van der Waals surface area contributed by atoms with Gasteiger partial charge in [-0.1, -0.05) is 19.1 Å². The van der Waals surface area contributed by atoms with Crippen LogP contribution in [0.15, 0.2) is 36.7 Å². The maximum Gasteiger partial charge on any atom is 0.242 e. The van der Waals surface area contributed by atoms with Gasteiger partial charge in [-0.2, -0.15) is 5.10 Å². The van der Waals surface area contributed by atoms with Crippen molar-refractivity contribution in [1.82, 2.24) is 20.0 Å². The summed E-state index contributed by atoms with van der Waals surface area (Å²) in [5, 5.41) is 7.17. The van der Waals surface area contributed by atoms with Gasteiger partial charge in [-0.25, -0.2) is 4.39 Å². The van der Waals surface area contributed by atoms with E-state index in [4.69, 9.17) is 0 Å². The van der Waals surface area contributed by atoms with E-state index >= 15 is 0 Å². The third-order valence-corrected chi connectivity index (χ3v) is 3.56. The molecule has 1 N–H and O–H groups in total. The van der Waals surface area contributed by atoms with E-state index in [9.17, 15) is 9.18 Å². The molecule has 0 saturated heterocycles. The summed E-state index contributed by atoms with van der Waals surface area (Å²) in [4.78, 5) is 14.3. The van der Waals surface area contributed by atoms with E-state index in [2.05, 4.69) is 17.3 Å². The molecule has 2 aromatic rings. The van der Waals surface area contributed by atoms with Crippen molar-refractivity contribution in [3.63, 3.8) is 0 Å². The number of hydrogen-bond acceptors (Lipinski definition) is 3. The van der Waals surface area contributed by atoms with Gasteiger partial charge in [-0.05, 0) is 38.2 Å². The Hall–Kier alpha value is -2.21. The van der Waals surface area contributed by atoms with Gasteiger partial charge in [0.05, 0.1) is 6.20 Å². The van der Waals surface area contributed by atoms with Crippen LogP contribution in [0, 0.1) is 5.82 Å². The van der Waals surface area contributed by atoms with Crippen LogP contribution in [0.4, 0.5) is 4.39 Å². The van der Waals surface area contributed by atoms with Crippen molar-refractivity contribution in [1.29, 1.82) is 0 Å². The quantitative estimate of drug-likeness (QED) is 0.852. The summed E-state index contributed by atoms with van der Waals surface area (Å²) in [7, 11) is 3.65. The molecular weight excluding hydrogens is 295 g/mol. The van der Waals surface area contributed by atoms with E-state index in [1.165, 1.54) is 12.1 Å². The Labute approximate surface area is 136 Å². The maximum absolute atomic E-state index is 13.1. The van der Waals surface area contributed by atoms with Crippen molar-refractivity contribution < 1.29 is 9.18 Å². The molecular formula is C17H23FN4O. The van der Waals surface area contributed by atoms with E-state index in [-0.39, 0.29) is 11.7 Å². The smallest absolute Gasteiger partial charge is 0.242 e. The molecule has 0 saturated carbocycles. The van der Waals surface area contributed by atoms with Crippen molar-refractivity contribution in [3.05, 3.63) is 53.6 Å². The molecule has 0 aliphatic rings. The van der Waals surface area contributed by atoms with Crippen LogP contribution < -0.4 is 5.32 Å². The largest absolute Gasteiger partial charge is 0.350 e. The average Bonchev–Trinajstić information content (AvgIpc) is 2.95. The molecule has 0 radical (unpaired) electrons. The van der Waals surface area contributed by atoms with Crippen LogP contribution in [-0.2, 0) is 17.9 Å². The van der Waals surface area contributed by atoms with Crippen molar-refractivity contribution in [2.24, 2.45) is 0 Å². The lowest BCUT2D eigenvalue weighted by molar-refractivity contribution is -0.125. The van der Waals surface area contributed by atoms with Crippen molar-refractivity contribution in [2.75, 3.05) is 14.1 Å². The summed E-state index contributed by atoms with van der Waals surface area (Å²) in [5.74, 6) is -0.431. The first-order valence-electron chi connectivity index (χ1n) is 7.72. The van der Waals surface area contributed by atoms with E-state index in [0.717, 1.165) is 24.1 Å². The fourth-order valence-corrected chi connectivity index (χ4v) is 2.46. The Morgan fingerprint density at radius 1 is 1.35 bits per heavy atom. The van der Waals surface area contributed by atoms with Crippen molar-refractivity contribution in [2.45, 2.75) is 32.5 Å². The Kier molecular flexibility index (Phi) is 5.87. The lowest BCUT2D eigenvalue weighted by Crippen LogP contribution is -2.36. The molecule has 23 heavy (non-hydrogen) atoms. The van der Waals surface area contributed by atoms with E-state index in [1.807, 2.05) is 29.9 Å². The van der Waals surface area contributed by atoms with Gasteiger partial charge in [0.2, 0.25) is 5.91 Å². The Morgan fingerprint density at radius 3 is 2.65 bits per heavy atom. The number of nitrogens with zero attached hydrogens (tertiary/aromatic N) is 3. The highest BCUT2D eigenvalue weighted by Crippen LogP contribution is 2.19. The normalized spacial score (nSPS) is 12.4. The third kappa shape index (κ3) is 4.63. The van der Waals surface area contributed by atoms with Crippen LogP contribution in [0.2, 0.25) is 0 Å². The number of benzene rings is 1. The SMILES string of the molecule is CCCn1cc(CNC(=O)[C@@H](c2ccc(F)cc2)N(C)C)cn1. The molecule has 0 aliphatic carbocycles. The standard InChI is InChI=1S/C17H23FN4O/c1-4-9-22-12-13(11-20-22)10-19-17(23)16(21(2)3)14-5-7-15(18)8-6-14/h5-8,11-12,16H,4,9-10H2,1-3H3,(H,19,23)/t16-/m1/s1. The predicted molar refractivity (Wildman–Crippen MR) is 87.2 cm³/mol. The molecule has 1 amide bonds. The van der Waals surface area contributed by atoms with Crippen LogP contribution in [0.5, 0.6) is 0 Å². The van der Waals surface area contributed by atoms with Crippen LogP contribution in [-0.4, -0.2) is 34.7 Å². The fourth-order valence-electron chi connectivity index (χ4n) is 2.46. The van der Waals surface area contributed by atoms with Gasteiger partial charge in [0.25, 0.3) is 0 Å². The van der Waals surface area contributed by atoms with Crippen LogP contribution in [0.1, 0.15) is 30.5 Å². The summed E-state index contributed by atoms with van der Waals surface area (Å²) >= 11 is 0. The number of hydrogen-bond donors (Lipinski definition) is 1. The zero-order valence-corrected chi connectivity index (χ0v) is 13.8. The molecule has 6 heteroatoms. The zero-order valence-electron chi connectivity index (χ0n) is 13.8. The fraction of sp³-hybridized carbons (Fsp3) is 0.412. The average molecular weight is 318 g/mol. The predicted octanol–water partition coefficient (Wildman–Crippen LogP) is 2.35. The van der Waals surface area contributed by atoms with Gasteiger partial charge in [-0.3, -0.25) is 14.4 Å². The highest BCUT2D eigenvalue weighted by molar-refractivity contribution is 5.83. The number of likely N-dealkylation sites (N-methyl/N-ethyl adjacent to an activating group) is 1. The Bertz CT molecular complexity index is 636. The van der Waals surface area contributed by atoms with Gasteiger partial charge in [-0.15, -0.1) is 0 Å². The molecule has 2 rings (SSSR count). The molecule has 0 unspecified atom stereocenters. The number of rotatable bonds is 7. The first-order valence-corrected chi connectivity index (χ1v) is 7.72. The molecule has 0 bridgehead atoms. The van der Waals surface area contributed by atoms with Gasteiger partial charge in [0.1, 0.15) is 11.9 Å².